The van der Waals surface area contributed by atoms with Crippen LogP contribution in [0.15, 0.2) is 71.8 Å². The van der Waals surface area contributed by atoms with Gasteiger partial charge in [0.05, 0.1) is 16.8 Å². The summed E-state index contributed by atoms with van der Waals surface area (Å²) >= 11 is 17.8. The van der Waals surface area contributed by atoms with Crippen molar-refractivity contribution in [2.75, 3.05) is 0 Å². The number of hydrogen-bond donors (Lipinski definition) is 1. The van der Waals surface area contributed by atoms with Crippen LogP contribution >= 0.6 is 34.8 Å². The molecule has 0 saturated carbocycles. The van der Waals surface area contributed by atoms with Crippen LogP contribution in [0.1, 0.15) is 22.8 Å². The fourth-order valence-corrected chi connectivity index (χ4v) is 3.12. The summed E-state index contributed by atoms with van der Waals surface area (Å²) in [5, 5.41) is 5.13. The van der Waals surface area contributed by atoms with E-state index in [-0.39, 0.29) is 0 Å². The van der Waals surface area contributed by atoms with Gasteiger partial charge in [0, 0.05) is 10.0 Å². The van der Waals surface area contributed by atoms with Gasteiger partial charge in [-0.1, -0.05) is 40.9 Å². The molecule has 0 aliphatic heterocycles. The van der Waals surface area contributed by atoms with E-state index in [1.807, 2.05) is 0 Å². The van der Waals surface area contributed by atoms with Gasteiger partial charge in [0.1, 0.15) is 11.5 Å². The molecule has 3 rings (SSSR count). The van der Waals surface area contributed by atoms with Crippen molar-refractivity contribution >= 4 is 52.9 Å². The second kappa shape index (κ2) is 11.0. The number of esters is 1. The average Bonchev–Trinajstić information content (AvgIpc) is 2.76. The Morgan fingerprint density at radius 3 is 2.38 bits per heavy atom. The molecule has 0 aliphatic rings. The molecule has 6 nitrogen and oxygen atoms in total. The Kier molecular flexibility index (Phi) is 8.11. The maximum absolute atomic E-state index is 12.2. The monoisotopic (exact) mass is 490 g/mol. The smallest absolute Gasteiger partial charge is 0.343 e. The lowest BCUT2D eigenvalue weighted by molar-refractivity contribution is -0.127. The first-order chi connectivity index (χ1) is 15.3. The van der Waals surface area contributed by atoms with Crippen molar-refractivity contribution in [3.8, 4) is 11.5 Å². The molecule has 0 fully saturated rings. The highest BCUT2D eigenvalue weighted by atomic mass is 35.5. The number of hydrazone groups is 1. The summed E-state index contributed by atoms with van der Waals surface area (Å²) in [6.45, 7) is 1.57. The lowest BCUT2D eigenvalue weighted by Crippen LogP contribution is -2.33. The van der Waals surface area contributed by atoms with E-state index in [2.05, 4.69) is 10.5 Å². The zero-order valence-electron chi connectivity index (χ0n) is 16.7. The molecule has 1 amide bonds. The Bertz CT molecular complexity index is 1150. The van der Waals surface area contributed by atoms with Crippen molar-refractivity contribution in [1.29, 1.82) is 0 Å². The summed E-state index contributed by atoms with van der Waals surface area (Å²) in [4.78, 5) is 24.3. The quantitative estimate of drug-likeness (QED) is 0.197. The number of ether oxygens (including phenoxy) is 2. The fraction of sp³-hybridized carbons (Fsp3) is 0.0870. The van der Waals surface area contributed by atoms with Crippen molar-refractivity contribution in [1.82, 2.24) is 5.43 Å². The van der Waals surface area contributed by atoms with Gasteiger partial charge in [-0.3, -0.25) is 4.79 Å². The van der Waals surface area contributed by atoms with E-state index in [1.54, 1.807) is 61.5 Å². The van der Waals surface area contributed by atoms with Crippen LogP contribution < -0.4 is 14.9 Å². The minimum atomic E-state index is -0.834. The maximum atomic E-state index is 12.2. The zero-order chi connectivity index (χ0) is 23.1. The number of halogens is 3. The molecule has 9 heteroatoms. The van der Waals surface area contributed by atoms with Crippen molar-refractivity contribution in [2.24, 2.45) is 5.10 Å². The van der Waals surface area contributed by atoms with E-state index >= 15 is 0 Å². The van der Waals surface area contributed by atoms with E-state index in [1.165, 1.54) is 18.3 Å². The zero-order valence-corrected chi connectivity index (χ0v) is 19.0. The fourth-order valence-electron chi connectivity index (χ4n) is 2.48. The van der Waals surface area contributed by atoms with Crippen LogP contribution in [0.4, 0.5) is 0 Å². The molecule has 0 saturated heterocycles. The molecule has 0 radical (unpaired) electrons. The molecular weight excluding hydrogens is 475 g/mol. The number of benzene rings is 3. The van der Waals surface area contributed by atoms with Gasteiger partial charge >= 0.3 is 5.97 Å². The van der Waals surface area contributed by atoms with Crippen LogP contribution in [0.5, 0.6) is 11.5 Å². The molecular formula is C23H17Cl3N2O4. The molecule has 0 aromatic heterocycles. The molecule has 3 aromatic rings. The third-order valence-electron chi connectivity index (χ3n) is 4.11. The van der Waals surface area contributed by atoms with Crippen molar-refractivity contribution in [3.05, 3.63) is 92.9 Å². The first-order valence-corrected chi connectivity index (χ1v) is 10.5. The third-order valence-corrected chi connectivity index (χ3v) is 4.87. The van der Waals surface area contributed by atoms with Gasteiger partial charge < -0.3 is 9.47 Å². The van der Waals surface area contributed by atoms with Crippen molar-refractivity contribution in [3.63, 3.8) is 0 Å². The van der Waals surface area contributed by atoms with Crippen LogP contribution in [0.25, 0.3) is 0 Å². The molecule has 0 aliphatic carbocycles. The minimum absolute atomic E-state index is 0.303. The van der Waals surface area contributed by atoms with Crippen LogP contribution in [0.3, 0.4) is 0 Å². The summed E-state index contributed by atoms with van der Waals surface area (Å²) in [6.07, 6.45) is 0.613. The SMILES string of the molecule is C[C@H](Oc1ccc(Cl)cc1Cl)C(=O)N/N=C\c1ccc(OC(=O)c2cccc(Cl)c2)cc1. The van der Waals surface area contributed by atoms with Gasteiger partial charge in [-0.25, -0.2) is 10.2 Å². The van der Waals surface area contributed by atoms with E-state index < -0.39 is 18.0 Å². The Hall–Kier alpha value is -3.06. The highest BCUT2D eigenvalue weighted by molar-refractivity contribution is 6.35. The summed E-state index contributed by atoms with van der Waals surface area (Å²) < 4.78 is 10.8. The number of hydrogen-bond acceptors (Lipinski definition) is 5. The van der Waals surface area contributed by atoms with Crippen LogP contribution in [-0.2, 0) is 4.79 Å². The van der Waals surface area contributed by atoms with Crippen molar-refractivity contribution in [2.45, 2.75) is 13.0 Å². The number of nitrogens with one attached hydrogen (secondary N) is 1. The van der Waals surface area contributed by atoms with E-state index in [0.717, 1.165) is 0 Å². The number of carbonyl (C=O) groups is 2. The summed E-state index contributed by atoms with van der Waals surface area (Å²) in [5.41, 5.74) is 3.43. The molecule has 164 valence electrons. The normalized spacial score (nSPS) is 11.8. The summed E-state index contributed by atoms with van der Waals surface area (Å²) in [5.74, 6) is -0.279. The van der Waals surface area contributed by atoms with E-state index in [4.69, 9.17) is 44.3 Å². The average molecular weight is 492 g/mol. The van der Waals surface area contributed by atoms with Crippen LogP contribution in [0.2, 0.25) is 15.1 Å². The Morgan fingerprint density at radius 1 is 0.969 bits per heavy atom. The van der Waals surface area contributed by atoms with E-state index in [9.17, 15) is 9.59 Å². The molecule has 1 atom stereocenters. The summed E-state index contributed by atoms with van der Waals surface area (Å²) in [6, 6.07) is 17.8. The summed E-state index contributed by atoms with van der Waals surface area (Å²) in [7, 11) is 0. The number of rotatable bonds is 7. The van der Waals surface area contributed by atoms with E-state index in [0.29, 0.717) is 37.7 Å². The van der Waals surface area contributed by atoms with Crippen molar-refractivity contribution < 1.29 is 19.1 Å². The van der Waals surface area contributed by atoms with Gasteiger partial charge in [-0.05, 0) is 73.2 Å². The molecule has 32 heavy (non-hydrogen) atoms. The van der Waals surface area contributed by atoms with Gasteiger partial charge in [-0.2, -0.15) is 5.10 Å². The Morgan fingerprint density at radius 2 is 1.69 bits per heavy atom. The maximum Gasteiger partial charge on any atom is 0.343 e. The topological polar surface area (TPSA) is 77.0 Å². The lowest BCUT2D eigenvalue weighted by atomic mass is 10.2. The van der Waals surface area contributed by atoms with Crippen LogP contribution in [0, 0.1) is 0 Å². The van der Waals surface area contributed by atoms with Gasteiger partial charge in [0.2, 0.25) is 0 Å². The lowest BCUT2D eigenvalue weighted by Gasteiger charge is -2.14. The first kappa shape index (κ1) is 23.6. The predicted octanol–water partition coefficient (Wildman–Crippen LogP) is 5.78. The molecule has 1 N–H and O–H groups in total. The Balaban J connectivity index is 1.51. The Labute approximate surface area is 199 Å². The largest absolute Gasteiger partial charge is 0.479 e. The molecule has 3 aromatic carbocycles. The predicted molar refractivity (Wildman–Crippen MR) is 125 cm³/mol. The van der Waals surface area contributed by atoms with Gasteiger partial charge in [-0.15, -0.1) is 0 Å². The molecule has 0 unspecified atom stereocenters. The molecule has 0 heterocycles. The third kappa shape index (κ3) is 6.72. The highest BCUT2D eigenvalue weighted by Crippen LogP contribution is 2.28. The first-order valence-electron chi connectivity index (χ1n) is 9.34. The number of carbonyl (C=O) groups excluding carboxylic acids is 2. The molecule has 0 bridgehead atoms. The van der Waals surface area contributed by atoms with Crippen LogP contribution in [-0.4, -0.2) is 24.2 Å². The highest BCUT2D eigenvalue weighted by Gasteiger charge is 2.15. The minimum Gasteiger partial charge on any atom is -0.479 e. The second-order valence-corrected chi connectivity index (χ2v) is 7.82. The number of amides is 1. The standard InChI is InChI=1S/C23H17Cl3N2O4/c1-14(31-21-10-7-18(25)12-20(21)26)22(29)28-27-13-15-5-8-19(9-6-15)32-23(30)16-3-2-4-17(24)11-16/h2-14H,1H3,(H,28,29)/b27-13-/t14-/m0/s1. The number of nitrogens with zero attached hydrogens (tertiary/aromatic N) is 1. The second-order valence-electron chi connectivity index (χ2n) is 6.54. The van der Waals surface area contributed by atoms with Gasteiger partial charge in [0.25, 0.3) is 5.91 Å². The van der Waals surface area contributed by atoms with Gasteiger partial charge in [0.15, 0.2) is 6.10 Å². The molecule has 0 spiro atoms.